The first-order chi connectivity index (χ1) is 6.69. The smallest absolute Gasteiger partial charge is 0.188 e. The summed E-state index contributed by atoms with van der Waals surface area (Å²) < 4.78 is 4.76. The average Bonchev–Trinajstić information content (AvgIpc) is 2.19. The first-order valence-electron chi connectivity index (χ1n) is 4.28. The van der Waals surface area contributed by atoms with Gasteiger partial charge in [0.1, 0.15) is 6.61 Å². The Labute approximate surface area is 83.0 Å². The second-order valence-corrected chi connectivity index (χ2v) is 3.03. The molecular formula is C10H14N2O2. The number of ketones is 1. The highest BCUT2D eigenvalue weighted by Crippen LogP contribution is 2.15. The largest absolute Gasteiger partial charge is 0.377 e. The third-order valence-corrected chi connectivity index (χ3v) is 1.99. The van der Waals surface area contributed by atoms with Gasteiger partial charge in [-0.25, -0.2) is 0 Å². The Morgan fingerprint density at radius 3 is 2.86 bits per heavy atom. The molecule has 0 unspecified atom stereocenters. The number of nitrogens with one attached hydrogen (secondary N) is 1. The van der Waals surface area contributed by atoms with Gasteiger partial charge < -0.3 is 10.2 Å². The second kappa shape index (κ2) is 4.74. The molecule has 0 bridgehead atoms. The lowest BCUT2D eigenvalue weighted by atomic mass is 10.1. The normalized spacial score (nSPS) is 9.93. The third-order valence-electron chi connectivity index (χ3n) is 1.99. The van der Waals surface area contributed by atoms with Crippen molar-refractivity contribution in [1.82, 2.24) is 0 Å². The van der Waals surface area contributed by atoms with E-state index in [1.165, 1.54) is 7.11 Å². The van der Waals surface area contributed by atoms with Gasteiger partial charge in [-0.15, -0.1) is 0 Å². The van der Waals surface area contributed by atoms with Crippen molar-refractivity contribution in [1.29, 1.82) is 0 Å². The fourth-order valence-electron chi connectivity index (χ4n) is 1.17. The van der Waals surface area contributed by atoms with Crippen molar-refractivity contribution in [3.8, 4) is 0 Å². The average molecular weight is 194 g/mol. The lowest BCUT2D eigenvalue weighted by molar-refractivity contribution is 0.0848. The summed E-state index contributed by atoms with van der Waals surface area (Å²) >= 11 is 0. The molecule has 0 saturated carbocycles. The van der Waals surface area contributed by atoms with E-state index in [2.05, 4.69) is 5.43 Å². The highest BCUT2D eigenvalue weighted by Gasteiger charge is 2.06. The predicted molar refractivity (Wildman–Crippen MR) is 55.2 cm³/mol. The Kier molecular flexibility index (Phi) is 3.62. The van der Waals surface area contributed by atoms with Crippen molar-refractivity contribution in [3.05, 3.63) is 29.3 Å². The van der Waals surface area contributed by atoms with Crippen LogP contribution in [0.2, 0.25) is 0 Å². The number of aryl methyl sites for hydroxylation is 1. The number of methoxy groups -OCH3 is 1. The minimum atomic E-state index is -0.0519. The highest BCUT2D eigenvalue weighted by molar-refractivity contribution is 5.98. The molecule has 3 N–H and O–H groups in total. The molecule has 0 aliphatic heterocycles. The fraction of sp³-hybridized carbons (Fsp3) is 0.300. The first-order valence-corrected chi connectivity index (χ1v) is 4.28. The number of hydrogen-bond acceptors (Lipinski definition) is 4. The van der Waals surface area contributed by atoms with Gasteiger partial charge in [-0.1, -0.05) is 12.1 Å². The lowest BCUT2D eigenvalue weighted by Gasteiger charge is -2.06. The summed E-state index contributed by atoms with van der Waals surface area (Å²) in [5, 5.41) is 0. The van der Waals surface area contributed by atoms with E-state index in [1.807, 2.05) is 13.0 Å². The van der Waals surface area contributed by atoms with E-state index >= 15 is 0 Å². The van der Waals surface area contributed by atoms with Crippen LogP contribution >= 0.6 is 0 Å². The molecule has 0 fully saturated rings. The molecule has 1 aromatic rings. The van der Waals surface area contributed by atoms with Gasteiger partial charge in [0.05, 0.1) is 5.69 Å². The number of ether oxygens (including phenoxy) is 1. The molecule has 0 amide bonds. The van der Waals surface area contributed by atoms with Crippen LogP contribution < -0.4 is 11.3 Å². The van der Waals surface area contributed by atoms with Gasteiger partial charge in [0.15, 0.2) is 5.78 Å². The fourth-order valence-corrected chi connectivity index (χ4v) is 1.17. The number of carbonyl (C=O) groups excluding carboxylic acids is 1. The van der Waals surface area contributed by atoms with Crippen molar-refractivity contribution in [2.75, 3.05) is 19.1 Å². The first kappa shape index (κ1) is 10.7. The minimum Gasteiger partial charge on any atom is -0.377 e. The van der Waals surface area contributed by atoms with Crippen molar-refractivity contribution in [2.24, 2.45) is 5.84 Å². The van der Waals surface area contributed by atoms with Crippen LogP contribution in [0.4, 0.5) is 5.69 Å². The quantitative estimate of drug-likeness (QED) is 0.428. The van der Waals surface area contributed by atoms with Crippen molar-refractivity contribution < 1.29 is 9.53 Å². The Hall–Kier alpha value is -1.39. The molecule has 76 valence electrons. The van der Waals surface area contributed by atoms with E-state index in [0.717, 1.165) is 11.3 Å². The maximum absolute atomic E-state index is 11.4. The van der Waals surface area contributed by atoms with Crippen molar-refractivity contribution in [3.63, 3.8) is 0 Å². The molecule has 1 aromatic carbocycles. The molecule has 0 heterocycles. The Bertz CT molecular complexity index is 337. The summed E-state index contributed by atoms with van der Waals surface area (Å²) in [5.74, 6) is 5.25. The number of benzene rings is 1. The highest BCUT2D eigenvalue weighted by atomic mass is 16.5. The van der Waals surface area contributed by atoms with Crippen LogP contribution in [0.15, 0.2) is 18.2 Å². The Morgan fingerprint density at radius 1 is 1.57 bits per heavy atom. The van der Waals surface area contributed by atoms with Crippen LogP contribution in [0.25, 0.3) is 0 Å². The number of rotatable bonds is 4. The molecule has 14 heavy (non-hydrogen) atoms. The molecule has 0 spiro atoms. The summed E-state index contributed by atoms with van der Waals surface area (Å²) in [6.07, 6.45) is 0. The van der Waals surface area contributed by atoms with E-state index in [9.17, 15) is 4.79 Å². The second-order valence-electron chi connectivity index (χ2n) is 3.03. The predicted octanol–water partition coefficient (Wildman–Crippen LogP) is 1.11. The van der Waals surface area contributed by atoms with Crippen LogP contribution in [-0.4, -0.2) is 19.5 Å². The van der Waals surface area contributed by atoms with Gasteiger partial charge in [-0.2, -0.15) is 0 Å². The number of hydrogen-bond donors (Lipinski definition) is 2. The van der Waals surface area contributed by atoms with Crippen LogP contribution in [-0.2, 0) is 4.74 Å². The van der Waals surface area contributed by atoms with Gasteiger partial charge in [-0.05, 0) is 18.6 Å². The van der Waals surface area contributed by atoms with Gasteiger partial charge in [0.25, 0.3) is 0 Å². The molecule has 0 radical (unpaired) electrons. The number of anilines is 1. The van der Waals surface area contributed by atoms with E-state index in [4.69, 9.17) is 10.6 Å². The standard InChI is InChI=1S/C10H14N2O2/c1-7-3-4-8(5-9(7)12-11)10(13)6-14-2/h3-5,12H,6,11H2,1-2H3. The molecule has 1 rings (SSSR count). The van der Waals surface area contributed by atoms with E-state index in [0.29, 0.717) is 5.56 Å². The topological polar surface area (TPSA) is 64.3 Å². The summed E-state index contributed by atoms with van der Waals surface area (Å²) in [6.45, 7) is 2.01. The maximum atomic E-state index is 11.4. The zero-order chi connectivity index (χ0) is 10.6. The van der Waals surface area contributed by atoms with Crippen LogP contribution in [0.5, 0.6) is 0 Å². The molecular weight excluding hydrogens is 180 g/mol. The van der Waals surface area contributed by atoms with Crippen LogP contribution in [0.1, 0.15) is 15.9 Å². The van der Waals surface area contributed by atoms with Gasteiger partial charge in [-0.3, -0.25) is 10.6 Å². The minimum absolute atomic E-state index is 0.0519. The van der Waals surface area contributed by atoms with Crippen LogP contribution in [0.3, 0.4) is 0 Å². The van der Waals surface area contributed by atoms with Crippen molar-refractivity contribution in [2.45, 2.75) is 6.92 Å². The monoisotopic (exact) mass is 194 g/mol. The number of nitrogen functional groups attached to an aromatic ring is 1. The Morgan fingerprint density at radius 2 is 2.29 bits per heavy atom. The molecule has 0 aliphatic carbocycles. The zero-order valence-corrected chi connectivity index (χ0v) is 8.33. The molecule has 0 aromatic heterocycles. The Balaban J connectivity index is 2.94. The molecule has 0 atom stereocenters. The number of hydrazine groups is 1. The summed E-state index contributed by atoms with van der Waals surface area (Å²) in [5.41, 5.74) is 4.90. The maximum Gasteiger partial charge on any atom is 0.188 e. The summed E-state index contributed by atoms with van der Waals surface area (Å²) in [7, 11) is 1.49. The molecule has 4 nitrogen and oxygen atoms in total. The number of nitrogens with two attached hydrogens (primary N) is 1. The van der Waals surface area contributed by atoms with Gasteiger partial charge in [0, 0.05) is 12.7 Å². The van der Waals surface area contributed by atoms with E-state index in [-0.39, 0.29) is 12.4 Å². The number of Topliss-reactive ketones (excluding diaryl/α,β-unsaturated/α-hetero) is 1. The van der Waals surface area contributed by atoms with Crippen LogP contribution in [0, 0.1) is 6.92 Å². The lowest BCUT2D eigenvalue weighted by Crippen LogP contribution is -2.11. The summed E-state index contributed by atoms with van der Waals surface area (Å²) in [4.78, 5) is 11.4. The summed E-state index contributed by atoms with van der Waals surface area (Å²) in [6, 6.07) is 5.33. The molecule has 0 aliphatic rings. The van der Waals surface area contributed by atoms with E-state index in [1.54, 1.807) is 12.1 Å². The van der Waals surface area contributed by atoms with Crippen molar-refractivity contribution >= 4 is 11.5 Å². The van der Waals surface area contributed by atoms with E-state index < -0.39 is 0 Å². The number of carbonyl (C=O) groups is 1. The van der Waals surface area contributed by atoms with Gasteiger partial charge in [0.2, 0.25) is 0 Å². The van der Waals surface area contributed by atoms with Gasteiger partial charge >= 0.3 is 0 Å². The third kappa shape index (κ3) is 2.31. The SMILES string of the molecule is COCC(=O)c1ccc(C)c(NN)c1. The molecule has 0 saturated heterocycles. The molecule has 4 heteroatoms. The zero-order valence-electron chi connectivity index (χ0n) is 8.33.